The molecule has 3 aromatic rings. The lowest BCUT2D eigenvalue weighted by Gasteiger charge is -2.28. The first kappa shape index (κ1) is 26.8. The molecule has 0 radical (unpaired) electrons. The van der Waals surface area contributed by atoms with Crippen LogP contribution in [0, 0.1) is 25.7 Å². The van der Waals surface area contributed by atoms with Crippen molar-refractivity contribution in [2.24, 2.45) is 11.8 Å². The zero-order valence-corrected chi connectivity index (χ0v) is 23.4. The second-order valence-electron chi connectivity index (χ2n) is 10.2. The fraction of sp³-hybridized carbons (Fsp3) is 0.290. The second kappa shape index (κ2) is 11.1. The van der Waals surface area contributed by atoms with E-state index in [0.29, 0.717) is 24.2 Å². The largest absolute Gasteiger partial charge is 0.452 e. The number of ether oxygens (including phenoxy) is 1. The van der Waals surface area contributed by atoms with Crippen molar-refractivity contribution < 1.29 is 23.9 Å². The third-order valence-corrected chi connectivity index (χ3v) is 8.86. The number of esters is 1. The molecule has 1 saturated carbocycles. The molecule has 7 nitrogen and oxygen atoms in total. The van der Waals surface area contributed by atoms with E-state index in [4.69, 9.17) is 4.74 Å². The minimum atomic E-state index is -0.668. The molecule has 2 fully saturated rings. The highest BCUT2D eigenvalue weighted by molar-refractivity contribution is 9.10. The standard InChI is InChI=1S/C31H29BrN2O5/c1-18-14-23(15-19(2)28(18)32)33-27(35)17-39-31(38)21-8-11-24(12-9-21)34-29(36)25-13-10-22(16-26(25)30(34)37)20-6-4-3-5-7-20/h3-9,11-12,14-15,22,25-26H,10,13,16-17H2,1-2H3,(H,33,35)/t22-,25-,26+/m1/s1. The Balaban J connectivity index is 1.19. The summed E-state index contributed by atoms with van der Waals surface area (Å²) in [5.41, 5.74) is 4.44. The van der Waals surface area contributed by atoms with Gasteiger partial charge in [-0.1, -0.05) is 46.3 Å². The van der Waals surface area contributed by atoms with Gasteiger partial charge in [0.25, 0.3) is 5.91 Å². The molecule has 0 unspecified atom stereocenters. The van der Waals surface area contributed by atoms with E-state index in [1.807, 2.05) is 44.2 Å². The van der Waals surface area contributed by atoms with Crippen LogP contribution in [0.2, 0.25) is 0 Å². The summed E-state index contributed by atoms with van der Waals surface area (Å²) < 4.78 is 6.15. The highest BCUT2D eigenvalue weighted by Crippen LogP contribution is 2.45. The zero-order valence-electron chi connectivity index (χ0n) is 21.8. The van der Waals surface area contributed by atoms with Crippen molar-refractivity contribution in [3.63, 3.8) is 0 Å². The fourth-order valence-electron chi connectivity index (χ4n) is 5.64. The maximum atomic E-state index is 13.3. The van der Waals surface area contributed by atoms with Crippen LogP contribution < -0.4 is 10.2 Å². The van der Waals surface area contributed by atoms with Gasteiger partial charge in [0.05, 0.1) is 23.1 Å². The summed E-state index contributed by atoms with van der Waals surface area (Å²) in [5, 5.41) is 2.73. The van der Waals surface area contributed by atoms with Crippen LogP contribution in [0.1, 0.15) is 52.2 Å². The van der Waals surface area contributed by atoms with Crippen molar-refractivity contribution in [2.45, 2.75) is 39.0 Å². The molecule has 8 heteroatoms. The number of carbonyl (C=O) groups excluding carboxylic acids is 4. The SMILES string of the molecule is Cc1cc(NC(=O)COC(=O)c2ccc(N3C(=O)[C@H]4C[C@H](c5ccccc5)CC[C@H]4C3=O)cc2)cc(C)c1Br. The van der Waals surface area contributed by atoms with E-state index in [2.05, 4.69) is 33.4 Å². The monoisotopic (exact) mass is 588 g/mol. The lowest BCUT2D eigenvalue weighted by molar-refractivity contribution is -0.122. The van der Waals surface area contributed by atoms with Crippen molar-refractivity contribution in [1.29, 1.82) is 0 Å². The van der Waals surface area contributed by atoms with E-state index in [-0.39, 0.29) is 35.1 Å². The molecule has 3 aromatic carbocycles. The van der Waals surface area contributed by atoms with Crippen LogP contribution in [0.3, 0.4) is 0 Å². The van der Waals surface area contributed by atoms with E-state index in [9.17, 15) is 19.2 Å². The molecule has 2 aliphatic rings. The van der Waals surface area contributed by atoms with Crippen LogP contribution in [0.4, 0.5) is 11.4 Å². The van der Waals surface area contributed by atoms with Gasteiger partial charge in [-0.05, 0) is 92.1 Å². The molecule has 0 bridgehead atoms. The first-order valence-electron chi connectivity index (χ1n) is 13.0. The van der Waals surface area contributed by atoms with E-state index in [0.717, 1.165) is 22.0 Å². The van der Waals surface area contributed by atoms with Gasteiger partial charge in [0.15, 0.2) is 6.61 Å². The molecule has 200 valence electrons. The van der Waals surface area contributed by atoms with Crippen molar-refractivity contribution in [3.8, 4) is 0 Å². The number of imide groups is 1. The average Bonchev–Trinajstić information content (AvgIpc) is 3.19. The van der Waals surface area contributed by atoms with Gasteiger partial charge in [0.1, 0.15) is 0 Å². The molecular formula is C31H29BrN2O5. The van der Waals surface area contributed by atoms with Crippen LogP contribution in [-0.2, 0) is 19.1 Å². The molecule has 0 aromatic heterocycles. The Morgan fingerprint density at radius 3 is 2.23 bits per heavy atom. The molecular weight excluding hydrogens is 560 g/mol. The smallest absolute Gasteiger partial charge is 0.338 e. The third-order valence-electron chi connectivity index (χ3n) is 7.61. The first-order valence-corrected chi connectivity index (χ1v) is 13.8. The Morgan fingerprint density at radius 1 is 0.923 bits per heavy atom. The van der Waals surface area contributed by atoms with Gasteiger partial charge in [-0.15, -0.1) is 0 Å². The van der Waals surface area contributed by atoms with E-state index in [1.54, 1.807) is 12.1 Å². The summed E-state index contributed by atoms with van der Waals surface area (Å²) in [7, 11) is 0. The lowest BCUT2D eigenvalue weighted by atomic mass is 9.73. The molecule has 39 heavy (non-hydrogen) atoms. The lowest BCUT2D eigenvalue weighted by Crippen LogP contribution is -2.30. The molecule has 5 rings (SSSR count). The summed E-state index contributed by atoms with van der Waals surface area (Å²) in [6.07, 6.45) is 2.20. The van der Waals surface area contributed by atoms with E-state index >= 15 is 0 Å². The summed E-state index contributed by atoms with van der Waals surface area (Å²) in [6.45, 7) is 3.41. The number of hydrogen-bond acceptors (Lipinski definition) is 5. The Hall–Kier alpha value is -3.78. The number of carbonyl (C=O) groups is 4. The number of nitrogens with one attached hydrogen (secondary N) is 1. The molecule has 3 atom stereocenters. The van der Waals surface area contributed by atoms with Gasteiger partial charge in [-0.25, -0.2) is 4.79 Å². The average molecular weight is 589 g/mol. The molecule has 1 saturated heterocycles. The van der Waals surface area contributed by atoms with Crippen molar-refractivity contribution in [1.82, 2.24) is 0 Å². The van der Waals surface area contributed by atoms with Gasteiger partial charge >= 0.3 is 5.97 Å². The highest BCUT2D eigenvalue weighted by Gasteiger charge is 2.50. The van der Waals surface area contributed by atoms with Crippen molar-refractivity contribution in [3.05, 3.63) is 93.5 Å². The van der Waals surface area contributed by atoms with E-state index in [1.165, 1.54) is 22.6 Å². The summed E-state index contributed by atoms with van der Waals surface area (Å²) in [5.74, 6) is -1.87. The van der Waals surface area contributed by atoms with Gasteiger partial charge in [-0.3, -0.25) is 19.3 Å². The van der Waals surface area contributed by atoms with Crippen LogP contribution in [0.5, 0.6) is 0 Å². The van der Waals surface area contributed by atoms with Gasteiger partial charge in [0.2, 0.25) is 11.8 Å². The number of anilines is 2. The van der Waals surface area contributed by atoms with Gasteiger partial charge in [-0.2, -0.15) is 0 Å². The molecule has 3 amide bonds. The van der Waals surface area contributed by atoms with Crippen LogP contribution in [0.15, 0.2) is 71.2 Å². The summed E-state index contributed by atoms with van der Waals surface area (Å²) in [6, 6.07) is 19.9. The first-order chi connectivity index (χ1) is 18.7. The Labute approximate surface area is 235 Å². The van der Waals surface area contributed by atoms with Gasteiger partial charge in [0, 0.05) is 10.2 Å². The minimum absolute atomic E-state index is 0.179. The number of aryl methyl sites for hydroxylation is 2. The molecule has 1 heterocycles. The summed E-state index contributed by atoms with van der Waals surface area (Å²) >= 11 is 3.49. The van der Waals surface area contributed by atoms with Crippen LogP contribution in [0.25, 0.3) is 0 Å². The number of rotatable bonds is 6. The molecule has 1 aliphatic carbocycles. The predicted octanol–water partition coefficient (Wildman–Crippen LogP) is 5.93. The third kappa shape index (κ3) is 5.52. The highest BCUT2D eigenvalue weighted by atomic mass is 79.9. The Morgan fingerprint density at radius 2 is 1.56 bits per heavy atom. The second-order valence-corrected chi connectivity index (χ2v) is 11.0. The maximum Gasteiger partial charge on any atom is 0.338 e. The number of hydrogen-bond donors (Lipinski definition) is 1. The number of fused-ring (bicyclic) bond motifs is 1. The molecule has 1 N–H and O–H groups in total. The summed E-state index contributed by atoms with van der Waals surface area (Å²) in [4.78, 5) is 52.6. The van der Waals surface area contributed by atoms with Crippen molar-refractivity contribution >= 4 is 51.0 Å². The van der Waals surface area contributed by atoms with Crippen LogP contribution >= 0.6 is 15.9 Å². The van der Waals surface area contributed by atoms with Gasteiger partial charge < -0.3 is 10.1 Å². The normalized spacial score (nSPS) is 20.5. The zero-order chi connectivity index (χ0) is 27.7. The quantitative estimate of drug-likeness (QED) is 0.284. The topological polar surface area (TPSA) is 92.8 Å². The van der Waals surface area contributed by atoms with Crippen molar-refractivity contribution in [2.75, 3.05) is 16.8 Å². The Bertz CT molecular complexity index is 1410. The molecule has 0 spiro atoms. The minimum Gasteiger partial charge on any atom is -0.452 e. The maximum absolute atomic E-state index is 13.3. The number of amides is 3. The Kier molecular flexibility index (Phi) is 7.66. The fourth-order valence-corrected chi connectivity index (χ4v) is 5.87. The number of benzene rings is 3. The van der Waals surface area contributed by atoms with Crippen LogP contribution in [-0.4, -0.2) is 30.3 Å². The number of nitrogens with zero attached hydrogens (tertiary/aromatic N) is 1. The predicted molar refractivity (Wildman–Crippen MR) is 151 cm³/mol. The molecule has 1 aliphatic heterocycles. The number of halogens is 1. The van der Waals surface area contributed by atoms with E-state index < -0.39 is 18.5 Å².